The summed E-state index contributed by atoms with van der Waals surface area (Å²) in [6, 6.07) is 9.25. The second kappa shape index (κ2) is 11.3. The molecule has 0 spiro atoms. The minimum atomic E-state index is -4.83. The Labute approximate surface area is 216 Å². The van der Waals surface area contributed by atoms with Crippen LogP contribution in [-0.2, 0) is 4.79 Å². The lowest BCUT2D eigenvalue weighted by Crippen LogP contribution is -2.53. The molecule has 1 fully saturated rings. The van der Waals surface area contributed by atoms with Crippen LogP contribution in [0, 0.1) is 11.3 Å². The van der Waals surface area contributed by atoms with Crippen molar-refractivity contribution in [3.63, 3.8) is 0 Å². The summed E-state index contributed by atoms with van der Waals surface area (Å²) in [5.41, 5.74) is -2.01. The van der Waals surface area contributed by atoms with Crippen molar-refractivity contribution >= 4 is 5.91 Å². The Morgan fingerprint density at radius 3 is 1.87 bits per heavy atom. The standard InChI is InChI=1S/C27H29F6N3O2/c1-25(2,30)13-21(24(38)36-26(15-34)11-12-26)35-22(27(31,32)33)19-9-5-17(6-10-19)16-3-7-18(8-4-16)20(14-37)23(28)29/h3-10,20-23,35,37H,11-14H2,1-2H3,(H,36,38)/t20?,21-,22?/m0/s1. The summed E-state index contributed by atoms with van der Waals surface area (Å²) in [6.45, 7) is 1.57. The first-order valence-electron chi connectivity index (χ1n) is 12.0. The summed E-state index contributed by atoms with van der Waals surface area (Å²) in [5.74, 6) is -2.22. The second-order valence-electron chi connectivity index (χ2n) is 10.2. The summed E-state index contributed by atoms with van der Waals surface area (Å²) in [7, 11) is 0. The van der Waals surface area contributed by atoms with Crippen molar-refractivity contribution in [1.29, 1.82) is 5.26 Å². The maximum Gasteiger partial charge on any atom is 0.407 e. The SMILES string of the molecule is CC(C)(F)C[C@H](NC(c1ccc(-c2ccc(C(CO)C(F)F)cc2)cc1)C(F)(F)F)C(=O)NC1(C#N)CC1. The van der Waals surface area contributed by atoms with E-state index in [0.717, 1.165) is 13.8 Å². The number of hydrogen-bond donors (Lipinski definition) is 3. The molecule has 1 saturated carbocycles. The highest BCUT2D eigenvalue weighted by molar-refractivity contribution is 5.83. The monoisotopic (exact) mass is 541 g/mol. The molecule has 5 nitrogen and oxygen atoms in total. The zero-order valence-electron chi connectivity index (χ0n) is 20.8. The number of benzene rings is 2. The van der Waals surface area contributed by atoms with Crippen molar-refractivity contribution in [2.24, 2.45) is 0 Å². The largest absolute Gasteiger partial charge is 0.407 e. The Kier molecular flexibility index (Phi) is 8.79. The van der Waals surface area contributed by atoms with Gasteiger partial charge in [0, 0.05) is 6.42 Å². The molecule has 0 heterocycles. The number of aliphatic hydroxyl groups excluding tert-OH is 1. The number of halogens is 6. The molecule has 2 aromatic rings. The van der Waals surface area contributed by atoms with E-state index in [9.17, 15) is 41.5 Å². The maximum atomic E-state index is 14.4. The van der Waals surface area contributed by atoms with E-state index in [1.165, 1.54) is 48.5 Å². The fourth-order valence-electron chi connectivity index (χ4n) is 4.13. The zero-order valence-corrected chi connectivity index (χ0v) is 20.8. The number of nitriles is 1. The Balaban J connectivity index is 1.84. The van der Waals surface area contributed by atoms with Crippen LogP contribution in [0.2, 0.25) is 0 Å². The molecule has 3 rings (SSSR count). The van der Waals surface area contributed by atoms with Gasteiger partial charge in [0.1, 0.15) is 17.2 Å². The molecule has 11 heteroatoms. The number of hydrogen-bond acceptors (Lipinski definition) is 4. The summed E-state index contributed by atoms with van der Waals surface area (Å²) >= 11 is 0. The third kappa shape index (κ3) is 7.48. The Morgan fingerprint density at radius 2 is 1.50 bits per heavy atom. The number of amides is 1. The fourth-order valence-corrected chi connectivity index (χ4v) is 4.13. The number of carbonyl (C=O) groups excluding carboxylic acids is 1. The normalized spacial score (nSPS) is 17.4. The van der Waals surface area contributed by atoms with E-state index in [1.807, 2.05) is 6.07 Å². The van der Waals surface area contributed by atoms with Gasteiger partial charge in [0.25, 0.3) is 0 Å². The number of nitrogens with zero attached hydrogens (tertiary/aromatic N) is 1. The molecule has 206 valence electrons. The lowest BCUT2D eigenvalue weighted by molar-refractivity contribution is -0.161. The van der Waals surface area contributed by atoms with E-state index in [2.05, 4.69) is 10.6 Å². The van der Waals surface area contributed by atoms with Gasteiger partial charge in [0.2, 0.25) is 12.3 Å². The smallest absolute Gasteiger partial charge is 0.396 e. The van der Waals surface area contributed by atoms with E-state index < -0.39 is 60.7 Å². The molecule has 0 saturated heterocycles. The Morgan fingerprint density at radius 1 is 1.00 bits per heavy atom. The van der Waals surface area contributed by atoms with Gasteiger partial charge in [-0.05, 0) is 48.9 Å². The molecule has 1 aliphatic carbocycles. The van der Waals surface area contributed by atoms with Gasteiger partial charge in [-0.25, -0.2) is 13.2 Å². The molecule has 38 heavy (non-hydrogen) atoms. The van der Waals surface area contributed by atoms with Gasteiger partial charge in [-0.3, -0.25) is 10.1 Å². The minimum Gasteiger partial charge on any atom is -0.396 e. The van der Waals surface area contributed by atoms with Crippen LogP contribution in [0.25, 0.3) is 11.1 Å². The van der Waals surface area contributed by atoms with Crippen molar-refractivity contribution in [2.75, 3.05) is 6.61 Å². The number of alkyl halides is 6. The van der Waals surface area contributed by atoms with Crippen LogP contribution in [0.5, 0.6) is 0 Å². The number of carbonyl (C=O) groups is 1. The number of nitrogens with one attached hydrogen (secondary N) is 2. The van der Waals surface area contributed by atoms with E-state index in [1.54, 1.807) is 0 Å². The number of rotatable bonds is 11. The highest BCUT2D eigenvalue weighted by Crippen LogP contribution is 2.37. The van der Waals surface area contributed by atoms with Gasteiger partial charge in [-0.2, -0.15) is 18.4 Å². The molecule has 1 aliphatic rings. The quantitative estimate of drug-likeness (QED) is 0.325. The summed E-state index contributed by atoms with van der Waals surface area (Å²) in [4.78, 5) is 12.8. The molecule has 2 unspecified atom stereocenters. The van der Waals surface area contributed by atoms with Crippen molar-refractivity contribution in [2.45, 2.75) is 74.9 Å². The first kappa shape index (κ1) is 29.5. The fraction of sp³-hybridized carbons (Fsp3) is 0.481. The van der Waals surface area contributed by atoms with Gasteiger partial charge in [0.15, 0.2) is 0 Å². The van der Waals surface area contributed by atoms with Crippen molar-refractivity contribution in [3.8, 4) is 17.2 Å². The highest BCUT2D eigenvalue weighted by Gasteiger charge is 2.48. The first-order valence-corrected chi connectivity index (χ1v) is 12.0. The second-order valence-corrected chi connectivity index (χ2v) is 10.2. The number of aliphatic hydroxyl groups is 1. The lowest BCUT2D eigenvalue weighted by atomic mass is 9.95. The molecule has 0 aromatic heterocycles. The predicted octanol–water partition coefficient (Wildman–Crippen LogP) is 5.57. The molecule has 1 amide bonds. The Bertz CT molecular complexity index is 1130. The van der Waals surface area contributed by atoms with Crippen LogP contribution in [-0.4, -0.2) is 47.5 Å². The Hall–Kier alpha value is -3.10. The molecular formula is C27H29F6N3O2. The summed E-state index contributed by atoms with van der Waals surface area (Å²) in [6.07, 6.45) is -7.39. The molecule has 0 aliphatic heterocycles. The van der Waals surface area contributed by atoms with Crippen LogP contribution in [0.3, 0.4) is 0 Å². The lowest BCUT2D eigenvalue weighted by Gasteiger charge is -2.30. The van der Waals surface area contributed by atoms with E-state index in [0.29, 0.717) is 24.0 Å². The molecule has 3 atom stereocenters. The van der Waals surface area contributed by atoms with Crippen LogP contribution >= 0.6 is 0 Å². The summed E-state index contributed by atoms with van der Waals surface area (Å²) < 4.78 is 82.8. The van der Waals surface area contributed by atoms with Crippen LogP contribution < -0.4 is 10.6 Å². The van der Waals surface area contributed by atoms with Crippen molar-refractivity contribution in [3.05, 3.63) is 59.7 Å². The average Bonchev–Trinajstić information content (AvgIpc) is 3.61. The van der Waals surface area contributed by atoms with Crippen molar-refractivity contribution < 1.29 is 36.2 Å². The third-order valence-corrected chi connectivity index (χ3v) is 6.44. The summed E-state index contributed by atoms with van der Waals surface area (Å²) in [5, 5.41) is 23.1. The maximum absolute atomic E-state index is 14.4. The predicted molar refractivity (Wildman–Crippen MR) is 129 cm³/mol. The van der Waals surface area contributed by atoms with Gasteiger partial charge < -0.3 is 10.4 Å². The van der Waals surface area contributed by atoms with Gasteiger partial charge >= 0.3 is 6.18 Å². The van der Waals surface area contributed by atoms with Crippen molar-refractivity contribution in [1.82, 2.24) is 10.6 Å². The molecular weight excluding hydrogens is 512 g/mol. The minimum absolute atomic E-state index is 0.216. The van der Waals surface area contributed by atoms with Gasteiger partial charge in [-0.1, -0.05) is 48.5 Å². The van der Waals surface area contributed by atoms with Crippen LogP contribution in [0.15, 0.2) is 48.5 Å². The molecule has 3 N–H and O–H groups in total. The first-order chi connectivity index (χ1) is 17.7. The van der Waals surface area contributed by atoms with E-state index in [4.69, 9.17) is 0 Å². The highest BCUT2D eigenvalue weighted by atomic mass is 19.4. The van der Waals surface area contributed by atoms with Gasteiger partial charge in [0.05, 0.1) is 24.6 Å². The zero-order chi connectivity index (χ0) is 28.3. The van der Waals surface area contributed by atoms with E-state index in [-0.39, 0.29) is 11.1 Å². The molecule has 2 aromatic carbocycles. The molecule has 0 radical (unpaired) electrons. The van der Waals surface area contributed by atoms with Gasteiger partial charge in [-0.15, -0.1) is 0 Å². The molecule has 0 bridgehead atoms. The average molecular weight is 542 g/mol. The van der Waals surface area contributed by atoms with Crippen LogP contribution in [0.4, 0.5) is 26.3 Å². The van der Waals surface area contributed by atoms with E-state index >= 15 is 0 Å². The van der Waals surface area contributed by atoms with Crippen LogP contribution in [0.1, 0.15) is 56.2 Å². The third-order valence-electron chi connectivity index (χ3n) is 6.44. The topological polar surface area (TPSA) is 85.2 Å².